The lowest BCUT2D eigenvalue weighted by Crippen LogP contribution is -2.06. The van der Waals surface area contributed by atoms with E-state index in [1.165, 1.54) is 10.7 Å². The highest BCUT2D eigenvalue weighted by Gasteiger charge is 2.22. The molecular weight excluding hydrogens is 291 g/mol. The lowest BCUT2D eigenvalue weighted by molar-refractivity contribution is 0.578. The minimum atomic E-state index is -3.85. The lowest BCUT2D eigenvalue weighted by Gasteiger charge is -2.05. The van der Waals surface area contributed by atoms with Crippen molar-refractivity contribution in [3.63, 3.8) is 0 Å². The van der Waals surface area contributed by atoms with E-state index in [-0.39, 0.29) is 17.3 Å². The van der Waals surface area contributed by atoms with Gasteiger partial charge in [0.05, 0.1) is 17.9 Å². The molecule has 0 saturated heterocycles. The quantitative estimate of drug-likeness (QED) is 0.819. The highest BCUT2D eigenvalue weighted by molar-refractivity contribution is 8.13. The van der Waals surface area contributed by atoms with E-state index in [0.717, 1.165) is 0 Å². The van der Waals surface area contributed by atoms with Crippen LogP contribution < -0.4 is 0 Å². The Morgan fingerprint density at radius 2 is 1.95 bits per heavy atom. The molecule has 0 N–H and O–H groups in total. The molecule has 0 radical (unpaired) electrons. The molecule has 2 aromatic rings. The zero-order chi connectivity index (χ0) is 14.2. The molecule has 4 nitrogen and oxygen atoms in total. The average Bonchev–Trinajstić information content (AvgIpc) is 2.56. The van der Waals surface area contributed by atoms with Crippen molar-refractivity contribution in [1.29, 1.82) is 0 Å². The van der Waals surface area contributed by atoms with Crippen LogP contribution in [0.1, 0.15) is 17.0 Å². The molecule has 102 valence electrons. The number of aromatic nitrogens is 2. The van der Waals surface area contributed by atoms with E-state index >= 15 is 0 Å². The summed E-state index contributed by atoms with van der Waals surface area (Å²) < 4.78 is 37.9. The average molecular weight is 303 g/mol. The summed E-state index contributed by atoms with van der Waals surface area (Å²) >= 11 is 0. The van der Waals surface area contributed by atoms with Crippen LogP contribution in [-0.2, 0) is 15.6 Å². The molecule has 2 rings (SSSR count). The Balaban J connectivity index is 2.47. The van der Waals surface area contributed by atoms with Gasteiger partial charge in [-0.15, -0.1) is 0 Å². The minimum Gasteiger partial charge on any atom is -0.264 e. The van der Waals surface area contributed by atoms with Crippen LogP contribution in [0, 0.1) is 19.7 Å². The second kappa shape index (κ2) is 4.94. The zero-order valence-corrected chi connectivity index (χ0v) is 12.0. The molecule has 0 aliphatic carbocycles. The normalized spacial score (nSPS) is 11.8. The van der Waals surface area contributed by atoms with Gasteiger partial charge in [0.25, 0.3) is 9.05 Å². The summed E-state index contributed by atoms with van der Waals surface area (Å²) in [6.45, 7) is 3.31. The Bertz CT molecular complexity index is 725. The molecular formula is C12H12ClFN2O2S. The number of aryl methyl sites for hydroxylation is 1. The molecule has 0 atom stereocenters. The second-order valence-electron chi connectivity index (χ2n) is 4.19. The van der Waals surface area contributed by atoms with Gasteiger partial charge in [-0.25, -0.2) is 12.8 Å². The van der Waals surface area contributed by atoms with Gasteiger partial charge >= 0.3 is 0 Å². The Morgan fingerprint density at radius 1 is 1.32 bits per heavy atom. The summed E-state index contributed by atoms with van der Waals surface area (Å²) in [5, 5.41) is 4.10. The van der Waals surface area contributed by atoms with Gasteiger partial charge < -0.3 is 0 Å². The molecule has 0 fully saturated rings. The fraction of sp³-hybridized carbons (Fsp3) is 0.250. The summed E-state index contributed by atoms with van der Waals surface area (Å²) in [5.74, 6) is -0.356. The molecule has 1 heterocycles. The fourth-order valence-corrected chi connectivity index (χ4v) is 3.50. The highest BCUT2D eigenvalue weighted by atomic mass is 35.7. The molecule has 7 heteroatoms. The van der Waals surface area contributed by atoms with Crippen molar-refractivity contribution in [2.75, 3.05) is 0 Å². The first kappa shape index (κ1) is 14.0. The van der Waals surface area contributed by atoms with Crippen molar-refractivity contribution in [2.24, 2.45) is 0 Å². The fourth-order valence-electron chi connectivity index (χ4n) is 1.98. The molecule has 0 aliphatic heterocycles. The van der Waals surface area contributed by atoms with E-state index in [1.807, 2.05) is 0 Å². The molecule has 0 aliphatic rings. The maximum Gasteiger partial charge on any atom is 0.264 e. The van der Waals surface area contributed by atoms with E-state index in [9.17, 15) is 12.8 Å². The molecule has 19 heavy (non-hydrogen) atoms. The van der Waals surface area contributed by atoms with Crippen molar-refractivity contribution in [2.45, 2.75) is 25.3 Å². The van der Waals surface area contributed by atoms with E-state index in [0.29, 0.717) is 17.0 Å². The Labute approximate surface area is 115 Å². The number of nitrogens with zero attached hydrogens (tertiary/aromatic N) is 2. The largest absolute Gasteiger partial charge is 0.264 e. The van der Waals surface area contributed by atoms with Crippen LogP contribution >= 0.6 is 10.7 Å². The van der Waals surface area contributed by atoms with Crippen molar-refractivity contribution in [3.8, 4) is 0 Å². The molecule has 0 bridgehead atoms. The Kier molecular flexibility index (Phi) is 3.64. The van der Waals surface area contributed by atoms with Crippen LogP contribution in [-0.4, -0.2) is 18.2 Å². The Hall–Kier alpha value is -1.40. The maximum absolute atomic E-state index is 13.6. The van der Waals surface area contributed by atoms with Gasteiger partial charge in [0, 0.05) is 16.2 Å². The van der Waals surface area contributed by atoms with Crippen LogP contribution in [0.5, 0.6) is 0 Å². The second-order valence-corrected chi connectivity index (χ2v) is 6.69. The topological polar surface area (TPSA) is 52.0 Å². The van der Waals surface area contributed by atoms with Gasteiger partial charge in [-0.2, -0.15) is 5.10 Å². The van der Waals surface area contributed by atoms with Crippen molar-refractivity contribution < 1.29 is 12.8 Å². The maximum atomic E-state index is 13.6. The predicted octanol–water partition coefficient (Wildman–Crippen LogP) is 2.61. The van der Waals surface area contributed by atoms with Gasteiger partial charge in [0.1, 0.15) is 10.7 Å². The summed E-state index contributed by atoms with van der Waals surface area (Å²) in [4.78, 5) is -0.00879. The first-order valence-electron chi connectivity index (χ1n) is 5.53. The molecule has 0 saturated carbocycles. The summed E-state index contributed by atoms with van der Waals surface area (Å²) in [6, 6.07) is 6.28. The van der Waals surface area contributed by atoms with Crippen LogP contribution in [0.15, 0.2) is 29.2 Å². The summed E-state index contributed by atoms with van der Waals surface area (Å²) in [7, 11) is 1.51. The van der Waals surface area contributed by atoms with E-state index in [4.69, 9.17) is 10.7 Å². The molecule has 1 aromatic carbocycles. The third-order valence-electron chi connectivity index (χ3n) is 2.84. The van der Waals surface area contributed by atoms with Gasteiger partial charge in [0.15, 0.2) is 0 Å². The van der Waals surface area contributed by atoms with Gasteiger partial charge in [-0.3, -0.25) is 4.68 Å². The van der Waals surface area contributed by atoms with Crippen LogP contribution in [0.3, 0.4) is 0 Å². The summed E-state index contributed by atoms with van der Waals surface area (Å²) in [6.07, 6.45) is 0. The van der Waals surface area contributed by atoms with Crippen molar-refractivity contribution in [3.05, 3.63) is 47.0 Å². The molecule has 0 spiro atoms. The molecule has 1 aromatic heterocycles. The number of rotatable bonds is 3. The number of hydrogen-bond acceptors (Lipinski definition) is 3. The van der Waals surface area contributed by atoms with E-state index in [2.05, 4.69) is 5.10 Å². The minimum absolute atomic E-state index is 0.00879. The van der Waals surface area contributed by atoms with Crippen LogP contribution in [0.4, 0.5) is 4.39 Å². The molecule has 0 unspecified atom stereocenters. The van der Waals surface area contributed by atoms with Crippen LogP contribution in [0.2, 0.25) is 0 Å². The monoisotopic (exact) mass is 302 g/mol. The number of benzene rings is 1. The third-order valence-corrected chi connectivity index (χ3v) is 4.38. The van der Waals surface area contributed by atoms with E-state index < -0.39 is 9.05 Å². The van der Waals surface area contributed by atoms with Gasteiger partial charge in [-0.1, -0.05) is 18.2 Å². The zero-order valence-electron chi connectivity index (χ0n) is 10.4. The smallest absolute Gasteiger partial charge is 0.264 e. The van der Waals surface area contributed by atoms with Crippen molar-refractivity contribution in [1.82, 2.24) is 9.78 Å². The Morgan fingerprint density at radius 3 is 2.47 bits per heavy atom. The van der Waals surface area contributed by atoms with Gasteiger partial charge in [-0.05, 0) is 19.9 Å². The first-order chi connectivity index (χ1) is 8.80. The SMILES string of the molecule is Cc1nn(Cc2ccccc2F)c(C)c1S(=O)(=O)Cl. The molecule has 0 amide bonds. The lowest BCUT2D eigenvalue weighted by atomic mass is 10.2. The van der Waals surface area contributed by atoms with E-state index in [1.54, 1.807) is 32.0 Å². The third kappa shape index (κ3) is 2.79. The first-order valence-corrected chi connectivity index (χ1v) is 7.83. The van der Waals surface area contributed by atoms with Crippen molar-refractivity contribution >= 4 is 19.7 Å². The highest BCUT2D eigenvalue weighted by Crippen LogP contribution is 2.24. The number of hydrogen-bond donors (Lipinski definition) is 0. The van der Waals surface area contributed by atoms with Gasteiger partial charge in [0.2, 0.25) is 0 Å². The predicted molar refractivity (Wildman–Crippen MR) is 70.2 cm³/mol. The standard InChI is InChI=1S/C12H12ClFN2O2S/c1-8-12(19(13,17)18)9(2)16(15-8)7-10-5-3-4-6-11(10)14/h3-6H,7H2,1-2H3. The summed E-state index contributed by atoms with van der Waals surface area (Å²) in [5.41, 5.74) is 1.14. The number of halogens is 2. The van der Waals surface area contributed by atoms with Crippen LogP contribution in [0.25, 0.3) is 0 Å².